The van der Waals surface area contributed by atoms with E-state index in [9.17, 15) is 0 Å². The second-order valence-corrected chi connectivity index (χ2v) is 7.40. The average molecular weight is 396 g/mol. The van der Waals surface area contributed by atoms with Crippen LogP contribution < -0.4 is 4.74 Å². The Morgan fingerprint density at radius 1 is 1.14 bits per heavy atom. The Bertz CT molecular complexity index is 927. The largest absolute Gasteiger partial charge is 0.493 e. The first-order valence-corrected chi connectivity index (χ1v) is 10.3. The summed E-state index contributed by atoms with van der Waals surface area (Å²) in [5.41, 5.74) is 2.99. The fraction of sp³-hybridized carbons (Fsp3) is 0.455. The molecular weight excluding hydrogens is 366 g/mol. The highest BCUT2D eigenvalue weighted by Gasteiger charge is 2.15. The SMILES string of the molecule is Cc1nn(C)cc1-n1ccnc1-c1ccccc1OCCCCN1CCOCC1. The third-order valence-corrected chi connectivity index (χ3v) is 5.25. The number of unbranched alkanes of at least 4 members (excludes halogenated alkanes) is 1. The van der Waals surface area contributed by atoms with Crippen molar-refractivity contribution in [3.8, 4) is 22.8 Å². The van der Waals surface area contributed by atoms with Crippen LogP contribution in [0.2, 0.25) is 0 Å². The topological polar surface area (TPSA) is 57.3 Å². The smallest absolute Gasteiger partial charge is 0.148 e. The highest BCUT2D eigenvalue weighted by molar-refractivity contribution is 5.66. The molecule has 0 spiro atoms. The first kappa shape index (κ1) is 19.7. The zero-order valence-electron chi connectivity index (χ0n) is 17.3. The summed E-state index contributed by atoms with van der Waals surface area (Å²) in [7, 11) is 1.93. The Morgan fingerprint density at radius 2 is 1.97 bits per heavy atom. The molecule has 0 aliphatic carbocycles. The highest BCUT2D eigenvalue weighted by atomic mass is 16.5. The van der Waals surface area contributed by atoms with Gasteiger partial charge in [-0.2, -0.15) is 5.10 Å². The van der Waals surface area contributed by atoms with Crippen LogP contribution in [0.1, 0.15) is 18.5 Å². The van der Waals surface area contributed by atoms with Crippen LogP contribution in [-0.4, -0.2) is 63.7 Å². The third-order valence-electron chi connectivity index (χ3n) is 5.25. The van der Waals surface area contributed by atoms with Crippen molar-refractivity contribution in [2.75, 3.05) is 39.5 Å². The summed E-state index contributed by atoms with van der Waals surface area (Å²) in [5.74, 6) is 1.73. The summed E-state index contributed by atoms with van der Waals surface area (Å²) in [6.07, 6.45) is 7.96. The van der Waals surface area contributed by atoms with E-state index in [-0.39, 0.29) is 0 Å². The molecule has 154 valence electrons. The van der Waals surface area contributed by atoms with Crippen LogP contribution in [0.5, 0.6) is 5.75 Å². The zero-order chi connectivity index (χ0) is 20.1. The van der Waals surface area contributed by atoms with Crippen molar-refractivity contribution in [1.82, 2.24) is 24.2 Å². The van der Waals surface area contributed by atoms with Gasteiger partial charge in [-0.15, -0.1) is 0 Å². The van der Waals surface area contributed by atoms with Gasteiger partial charge in [0.15, 0.2) is 0 Å². The van der Waals surface area contributed by atoms with Crippen LogP contribution >= 0.6 is 0 Å². The van der Waals surface area contributed by atoms with Crippen molar-refractivity contribution in [2.24, 2.45) is 7.05 Å². The molecular formula is C22H29N5O2. The molecule has 7 heteroatoms. The van der Waals surface area contributed by atoms with Crippen LogP contribution in [0.15, 0.2) is 42.9 Å². The number of ether oxygens (including phenoxy) is 2. The van der Waals surface area contributed by atoms with Gasteiger partial charge in [0, 0.05) is 38.7 Å². The summed E-state index contributed by atoms with van der Waals surface area (Å²) in [5, 5.41) is 4.46. The van der Waals surface area contributed by atoms with E-state index < -0.39 is 0 Å². The van der Waals surface area contributed by atoms with Crippen LogP contribution in [0, 0.1) is 6.92 Å². The van der Waals surface area contributed by atoms with E-state index in [1.165, 1.54) is 0 Å². The van der Waals surface area contributed by atoms with Crippen LogP contribution in [0.4, 0.5) is 0 Å². The number of benzene rings is 1. The zero-order valence-corrected chi connectivity index (χ0v) is 17.3. The quantitative estimate of drug-likeness (QED) is 0.549. The standard InChI is InChI=1S/C22H29N5O2/c1-18-20(17-25(2)24-18)27-11-9-23-22(27)19-7-3-4-8-21(19)29-14-6-5-10-26-12-15-28-16-13-26/h3-4,7-9,11,17H,5-6,10,12-16H2,1-2H3. The molecule has 1 fully saturated rings. The number of nitrogens with zero attached hydrogens (tertiary/aromatic N) is 5. The lowest BCUT2D eigenvalue weighted by molar-refractivity contribution is 0.0368. The molecule has 29 heavy (non-hydrogen) atoms. The first-order chi connectivity index (χ1) is 14.2. The van der Waals surface area contributed by atoms with E-state index in [0.29, 0.717) is 6.61 Å². The molecule has 0 amide bonds. The molecule has 4 rings (SSSR count). The lowest BCUT2D eigenvalue weighted by Gasteiger charge is -2.26. The van der Waals surface area contributed by atoms with Gasteiger partial charge >= 0.3 is 0 Å². The number of hydrogen-bond donors (Lipinski definition) is 0. The summed E-state index contributed by atoms with van der Waals surface area (Å²) >= 11 is 0. The van der Waals surface area contributed by atoms with E-state index in [2.05, 4.69) is 25.6 Å². The van der Waals surface area contributed by atoms with E-state index in [4.69, 9.17) is 9.47 Å². The average Bonchev–Trinajstić information content (AvgIpc) is 3.34. The number of morpholine rings is 1. The van der Waals surface area contributed by atoms with Gasteiger partial charge in [0.2, 0.25) is 0 Å². The van der Waals surface area contributed by atoms with Crippen molar-refractivity contribution in [1.29, 1.82) is 0 Å². The minimum absolute atomic E-state index is 0.702. The molecule has 1 saturated heterocycles. The summed E-state index contributed by atoms with van der Waals surface area (Å²) < 4.78 is 15.5. The molecule has 0 bridgehead atoms. The van der Waals surface area contributed by atoms with E-state index in [0.717, 1.165) is 74.2 Å². The fourth-order valence-corrected chi connectivity index (χ4v) is 3.74. The van der Waals surface area contributed by atoms with Gasteiger partial charge in [-0.25, -0.2) is 4.98 Å². The van der Waals surface area contributed by atoms with Crippen molar-refractivity contribution >= 4 is 0 Å². The molecule has 0 unspecified atom stereocenters. The van der Waals surface area contributed by atoms with Crippen LogP contribution in [0.25, 0.3) is 17.1 Å². The number of imidazole rings is 1. The molecule has 7 nitrogen and oxygen atoms in total. The van der Waals surface area contributed by atoms with Crippen molar-refractivity contribution < 1.29 is 9.47 Å². The van der Waals surface area contributed by atoms with E-state index in [1.54, 1.807) is 0 Å². The highest BCUT2D eigenvalue weighted by Crippen LogP contribution is 2.31. The summed E-state index contributed by atoms with van der Waals surface area (Å²) in [4.78, 5) is 7.07. The number of para-hydroxylation sites is 1. The molecule has 0 saturated carbocycles. The third kappa shape index (κ3) is 4.68. The summed E-state index contributed by atoms with van der Waals surface area (Å²) in [6, 6.07) is 8.12. The monoisotopic (exact) mass is 395 g/mol. The Kier molecular flexibility index (Phi) is 6.27. The van der Waals surface area contributed by atoms with Gasteiger partial charge in [0.05, 0.1) is 36.8 Å². The minimum atomic E-state index is 0.702. The number of aryl methyl sites for hydroxylation is 2. The molecule has 1 aliphatic rings. The Hall–Kier alpha value is -2.64. The van der Waals surface area contributed by atoms with E-state index >= 15 is 0 Å². The Morgan fingerprint density at radius 3 is 2.76 bits per heavy atom. The molecule has 2 aromatic heterocycles. The maximum absolute atomic E-state index is 6.16. The fourth-order valence-electron chi connectivity index (χ4n) is 3.74. The van der Waals surface area contributed by atoms with Gasteiger partial charge in [0.1, 0.15) is 11.6 Å². The molecule has 0 radical (unpaired) electrons. The molecule has 0 atom stereocenters. The van der Waals surface area contributed by atoms with Gasteiger partial charge < -0.3 is 9.47 Å². The number of hydrogen-bond acceptors (Lipinski definition) is 5. The number of aromatic nitrogens is 4. The molecule has 0 N–H and O–H groups in total. The predicted octanol–water partition coefficient (Wildman–Crippen LogP) is 3.07. The lowest BCUT2D eigenvalue weighted by atomic mass is 10.2. The molecule has 3 heterocycles. The Labute approximate surface area is 171 Å². The van der Waals surface area contributed by atoms with Crippen molar-refractivity contribution in [3.05, 3.63) is 48.5 Å². The minimum Gasteiger partial charge on any atom is -0.493 e. The van der Waals surface area contributed by atoms with Crippen LogP contribution in [-0.2, 0) is 11.8 Å². The first-order valence-electron chi connectivity index (χ1n) is 10.3. The number of rotatable bonds is 8. The second kappa shape index (κ2) is 9.24. The lowest BCUT2D eigenvalue weighted by Crippen LogP contribution is -2.36. The van der Waals surface area contributed by atoms with Gasteiger partial charge in [-0.05, 0) is 38.4 Å². The molecule has 1 aromatic carbocycles. The van der Waals surface area contributed by atoms with E-state index in [1.807, 2.05) is 55.4 Å². The second-order valence-electron chi connectivity index (χ2n) is 7.40. The van der Waals surface area contributed by atoms with Crippen molar-refractivity contribution in [2.45, 2.75) is 19.8 Å². The van der Waals surface area contributed by atoms with Gasteiger partial charge in [0.25, 0.3) is 0 Å². The maximum atomic E-state index is 6.16. The van der Waals surface area contributed by atoms with Gasteiger partial charge in [-0.3, -0.25) is 14.1 Å². The normalized spacial score (nSPS) is 15.0. The van der Waals surface area contributed by atoms with Crippen molar-refractivity contribution in [3.63, 3.8) is 0 Å². The summed E-state index contributed by atoms with van der Waals surface area (Å²) in [6.45, 7) is 7.61. The van der Waals surface area contributed by atoms with Gasteiger partial charge in [-0.1, -0.05) is 12.1 Å². The van der Waals surface area contributed by atoms with Crippen LogP contribution in [0.3, 0.4) is 0 Å². The molecule has 1 aliphatic heterocycles. The predicted molar refractivity (Wildman–Crippen MR) is 112 cm³/mol. The molecule has 3 aromatic rings. The Balaban J connectivity index is 1.41. The maximum Gasteiger partial charge on any atom is 0.148 e.